The first-order valence-electron chi connectivity index (χ1n) is 8.61. The standard InChI is InChI=1S/C21H28FN3S/c1-6-18(4)26-12-8-7-9-16(2)13-17(3)24-15-21-20(22)11-10-19(25-21)14-23-5/h7,9-11,14,16,24H,1,3,8,12-13,15H2,2,4-5H3/b9-7+,23-14?. The van der Waals surface area contributed by atoms with Gasteiger partial charge < -0.3 is 5.32 Å². The van der Waals surface area contributed by atoms with Crippen molar-refractivity contribution in [1.82, 2.24) is 10.3 Å². The lowest BCUT2D eigenvalue weighted by Gasteiger charge is -2.13. The van der Waals surface area contributed by atoms with Crippen molar-refractivity contribution in [3.05, 3.63) is 71.0 Å². The highest BCUT2D eigenvalue weighted by Crippen LogP contribution is 2.15. The van der Waals surface area contributed by atoms with E-state index in [-0.39, 0.29) is 5.82 Å². The van der Waals surface area contributed by atoms with Gasteiger partial charge in [0.05, 0.1) is 17.9 Å². The van der Waals surface area contributed by atoms with Crippen molar-refractivity contribution >= 4 is 18.0 Å². The van der Waals surface area contributed by atoms with Crippen molar-refractivity contribution in [2.45, 2.75) is 33.2 Å². The first-order valence-corrected chi connectivity index (χ1v) is 9.60. The number of pyridine rings is 1. The predicted octanol–water partition coefficient (Wildman–Crippen LogP) is 5.27. The molecule has 0 amide bonds. The molecule has 0 saturated carbocycles. The van der Waals surface area contributed by atoms with Crippen LogP contribution in [-0.4, -0.2) is 24.0 Å². The average molecular weight is 374 g/mol. The molecule has 1 aromatic rings. The van der Waals surface area contributed by atoms with Gasteiger partial charge in [-0.05, 0) is 37.8 Å². The number of hydrogen-bond acceptors (Lipinski definition) is 4. The highest BCUT2D eigenvalue weighted by Gasteiger charge is 2.06. The van der Waals surface area contributed by atoms with Crippen molar-refractivity contribution < 1.29 is 4.39 Å². The highest BCUT2D eigenvalue weighted by molar-refractivity contribution is 8.03. The second-order valence-electron chi connectivity index (χ2n) is 5.99. The van der Waals surface area contributed by atoms with Gasteiger partial charge in [0, 0.05) is 29.6 Å². The third kappa shape index (κ3) is 8.84. The van der Waals surface area contributed by atoms with Crippen LogP contribution in [-0.2, 0) is 6.54 Å². The number of aromatic nitrogens is 1. The van der Waals surface area contributed by atoms with E-state index < -0.39 is 0 Å². The van der Waals surface area contributed by atoms with Gasteiger partial charge in [0.2, 0.25) is 0 Å². The molecule has 26 heavy (non-hydrogen) atoms. The molecule has 0 bridgehead atoms. The minimum absolute atomic E-state index is 0.316. The van der Waals surface area contributed by atoms with Gasteiger partial charge in [-0.1, -0.05) is 32.2 Å². The van der Waals surface area contributed by atoms with Gasteiger partial charge in [0.25, 0.3) is 0 Å². The van der Waals surface area contributed by atoms with Gasteiger partial charge in [-0.3, -0.25) is 4.99 Å². The fourth-order valence-corrected chi connectivity index (χ4v) is 2.89. The van der Waals surface area contributed by atoms with E-state index in [1.807, 2.05) is 6.92 Å². The molecule has 1 rings (SSSR count). The molecule has 0 saturated heterocycles. The van der Waals surface area contributed by atoms with Gasteiger partial charge in [-0.2, -0.15) is 0 Å². The van der Waals surface area contributed by atoms with Crippen LogP contribution in [0.4, 0.5) is 4.39 Å². The summed E-state index contributed by atoms with van der Waals surface area (Å²) >= 11 is 1.76. The maximum absolute atomic E-state index is 13.8. The van der Waals surface area contributed by atoms with E-state index in [1.54, 1.807) is 31.1 Å². The zero-order valence-corrected chi connectivity index (χ0v) is 16.7. The van der Waals surface area contributed by atoms with E-state index in [0.717, 1.165) is 29.2 Å². The number of nitrogens with zero attached hydrogens (tertiary/aromatic N) is 2. The molecule has 1 N–H and O–H groups in total. The highest BCUT2D eigenvalue weighted by atomic mass is 32.2. The largest absolute Gasteiger partial charge is 0.383 e. The molecule has 1 atom stereocenters. The van der Waals surface area contributed by atoms with Crippen LogP contribution < -0.4 is 5.32 Å². The number of nitrogens with one attached hydrogen (secondary N) is 1. The van der Waals surface area contributed by atoms with E-state index in [9.17, 15) is 4.39 Å². The number of hydrogen-bond donors (Lipinski definition) is 1. The molecule has 0 aliphatic carbocycles. The van der Waals surface area contributed by atoms with Gasteiger partial charge in [0.1, 0.15) is 5.82 Å². The smallest absolute Gasteiger partial charge is 0.146 e. The van der Waals surface area contributed by atoms with Gasteiger partial charge >= 0.3 is 0 Å². The van der Waals surface area contributed by atoms with Crippen LogP contribution in [0.2, 0.25) is 0 Å². The van der Waals surface area contributed by atoms with Crippen LogP contribution in [0.15, 0.2) is 58.8 Å². The lowest BCUT2D eigenvalue weighted by molar-refractivity contribution is 0.579. The molecule has 0 aliphatic rings. The first-order chi connectivity index (χ1) is 12.5. The minimum Gasteiger partial charge on any atom is -0.383 e. The van der Waals surface area contributed by atoms with Crippen molar-refractivity contribution in [1.29, 1.82) is 0 Å². The summed E-state index contributed by atoms with van der Waals surface area (Å²) < 4.78 is 13.8. The summed E-state index contributed by atoms with van der Waals surface area (Å²) in [5.41, 5.74) is 4.77. The third-order valence-corrected chi connectivity index (χ3v) is 4.61. The Balaban J connectivity index is 2.39. The monoisotopic (exact) mass is 373 g/mol. The predicted molar refractivity (Wildman–Crippen MR) is 112 cm³/mol. The van der Waals surface area contributed by atoms with E-state index in [1.165, 1.54) is 6.07 Å². The summed E-state index contributed by atoms with van der Waals surface area (Å²) in [5, 5.41) is 3.17. The Bertz CT molecular complexity index is 703. The molecule has 0 aromatic carbocycles. The molecule has 5 heteroatoms. The zero-order valence-electron chi connectivity index (χ0n) is 15.9. The summed E-state index contributed by atoms with van der Waals surface area (Å²) in [6.45, 7) is 12.1. The molecule has 140 valence electrons. The van der Waals surface area contributed by atoms with Gasteiger partial charge in [-0.15, -0.1) is 17.5 Å². The topological polar surface area (TPSA) is 37.3 Å². The number of thioether (sulfide) groups is 1. The van der Waals surface area contributed by atoms with Gasteiger partial charge in [0.15, 0.2) is 0 Å². The summed E-state index contributed by atoms with van der Waals surface area (Å²) in [6.07, 6.45) is 7.80. The Hall–Kier alpha value is -2.10. The molecule has 1 aromatic heterocycles. The van der Waals surface area contributed by atoms with Crippen LogP contribution >= 0.6 is 11.8 Å². The molecular weight excluding hydrogens is 345 g/mol. The fourth-order valence-electron chi connectivity index (χ4n) is 2.23. The summed E-state index contributed by atoms with van der Waals surface area (Å²) in [5.74, 6) is 1.07. The van der Waals surface area contributed by atoms with E-state index in [0.29, 0.717) is 23.9 Å². The van der Waals surface area contributed by atoms with Crippen LogP contribution in [0.1, 0.15) is 38.1 Å². The lowest BCUT2D eigenvalue weighted by Crippen LogP contribution is -2.16. The molecule has 3 nitrogen and oxygen atoms in total. The van der Waals surface area contributed by atoms with E-state index in [2.05, 4.69) is 53.3 Å². The third-order valence-electron chi connectivity index (χ3n) is 3.59. The Kier molecular flexibility index (Phi) is 10.4. The number of rotatable bonds is 11. The maximum atomic E-state index is 13.8. The summed E-state index contributed by atoms with van der Waals surface area (Å²) in [4.78, 5) is 9.28. The molecule has 0 spiro atoms. The quantitative estimate of drug-likeness (QED) is 0.249. The van der Waals surface area contributed by atoms with Crippen LogP contribution in [0.5, 0.6) is 0 Å². The molecule has 0 radical (unpaired) electrons. The Morgan fingerprint density at radius 1 is 1.50 bits per heavy atom. The average Bonchev–Trinajstić information content (AvgIpc) is 2.61. The molecular formula is C21H28FN3S. The molecule has 0 aliphatic heterocycles. The minimum atomic E-state index is -0.326. The fraction of sp³-hybridized carbons (Fsp3) is 0.381. The molecule has 1 unspecified atom stereocenters. The molecule has 1 heterocycles. The first kappa shape index (κ1) is 21.9. The van der Waals surface area contributed by atoms with Crippen molar-refractivity contribution in [3.63, 3.8) is 0 Å². The maximum Gasteiger partial charge on any atom is 0.146 e. The van der Waals surface area contributed by atoms with Crippen LogP contribution in [0.25, 0.3) is 0 Å². The van der Waals surface area contributed by atoms with Crippen molar-refractivity contribution in [2.24, 2.45) is 10.9 Å². The number of aliphatic imine (C=N–C) groups is 1. The summed E-state index contributed by atoms with van der Waals surface area (Å²) in [6, 6.07) is 3.02. The number of allylic oxidation sites excluding steroid dienone is 4. The summed E-state index contributed by atoms with van der Waals surface area (Å²) in [7, 11) is 1.66. The van der Waals surface area contributed by atoms with Crippen molar-refractivity contribution in [3.8, 4) is 0 Å². The normalized spacial score (nSPS) is 12.3. The van der Waals surface area contributed by atoms with Crippen LogP contribution in [0, 0.1) is 11.7 Å². The zero-order chi connectivity index (χ0) is 19.4. The second kappa shape index (κ2) is 12.3. The van der Waals surface area contributed by atoms with Crippen LogP contribution in [0.3, 0.4) is 0 Å². The van der Waals surface area contributed by atoms with E-state index >= 15 is 0 Å². The Labute approximate surface area is 160 Å². The van der Waals surface area contributed by atoms with Gasteiger partial charge in [-0.25, -0.2) is 9.37 Å². The number of halogens is 1. The second-order valence-corrected chi connectivity index (χ2v) is 7.30. The Morgan fingerprint density at radius 2 is 2.27 bits per heavy atom. The van der Waals surface area contributed by atoms with Crippen molar-refractivity contribution in [2.75, 3.05) is 12.8 Å². The SMILES string of the molecule is C=C=C(C)SCC/C=C/C(C)CC(=C)NCc1nc(C=NC)ccc1F. The lowest BCUT2D eigenvalue weighted by atomic mass is 10.1. The Morgan fingerprint density at radius 3 is 2.96 bits per heavy atom. The van der Waals surface area contributed by atoms with E-state index in [4.69, 9.17) is 0 Å². The molecule has 0 fully saturated rings.